The van der Waals surface area contributed by atoms with E-state index in [2.05, 4.69) is 4.98 Å². The number of hydrogen-bond acceptors (Lipinski definition) is 4. The van der Waals surface area contributed by atoms with E-state index in [-0.39, 0.29) is 18.7 Å². The average molecular weight is 464 g/mol. The first-order chi connectivity index (χ1) is 15.3. The fraction of sp³-hybridized carbons (Fsp3) is 0.304. The summed E-state index contributed by atoms with van der Waals surface area (Å²) in [6, 6.07) is 9.14. The molecule has 0 spiro atoms. The number of alkyl halides is 3. The number of rotatable bonds is 8. The molecule has 5 nitrogen and oxygen atoms in total. The van der Waals surface area contributed by atoms with E-state index in [1.807, 2.05) is 6.92 Å². The molecule has 1 aromatic heterocycles. The standard InChI is InChI=1S/C23H22F3N2O3S/c1-2-3-10-31-22(30)28(15-21-27-9-11-32-21)14-16-5-4-6-17(12-16)19-13-18(23(24,25)26)7-8-20(19)29/h4-9,11-13H,2-3,10,14-15H2,1H3. The van der Waals surface area contributed by atoms with Gasteiger partial charge in [0.05, 0.1) is 18.7 Å². The van der Waals surface area contributed by atoms with Crippen LogP contribution in [0.4, 0.5) is 18.0 Å². The van der Waals surface area contributed by atoms with Crippen molar-refractivity contribution in [2.75, 3.05) is 6.61 Å². The third-order valence-corrected chi connectivity index (χ3v) is 5.47. The van der Waals surface area contributed by atoms with Gasteiger partial charge < -0.3 is 4.74 Å². The second kappa shape index (κ2) is 10.5. The first kappa shape index (κ1) is 23.6. The average Bonchev–Trinajstić information content (AvgIpc) is 3.26. The molecule has 0 saturated carbocycles. The second-order valence-electron chi connectivity index (χ2n) is 7.16. The minimum absolute atomic E-state index is 0.0429. The maximum atomic E-state index is 13.1. The van der Waals surface area contributed by atoms with E-state index >= 15 is 0 Å². The van der Waals surface area contributed by atoms with Crippen molar-refractivity contribution in [3.63, 3.8) is 0 Å². The molecular formula is C23H22F3N2O3S. The highest BCUT2D eigenvalue weighted by atomic mass is 32.1. The lowest BCUT2D eigenvalue weighted by Crippen LogP contribution is -2.31. The van der Waals surface area contributed by atoms with Crippen LogP contribution in [0.2, 0.25) is 0 Å². The van der Waals surface area contributed by atoms with Crippen molar-refractivity contribution >= 4 is 17.4 Å². The molecule has 0 fully saturated rings. The molecule has 9 heteroatoms. The van der Waals surface area contributed by atoms with E-state index in [0.717, 1.165) is 36.0 Å². The Kier molecular flexibility index (Phi) is 7.74. The van der Waals surface area contributed by atoms with Gasteiger partial charge in [-0.05, 0) is 41.8 Å². The third-order valence-electron chi connectivity index (χ3n) is 4.71. The number of carbonyl (C=O) groups excluding carboxylic acids is 1. The third kappa shape index (κ3) is 6.23. The molecular weight excluding hydrogens is 441 g/mol. The Hall–Kier alpha value is -3.07. The van der Waals surface area contributed by atoms with Crippen LogP contribution in [-0.4, -0.2) is 22.6 Å². The Balaban J connectivity index is 1.85. The van der Waals surface area contributed by atoms with Gasteiger partial charge in [-0.25, -0.2) is 9.78 Å². The monoisotopic (exact) mass is 463 g/mol. The van der Waals surface area contributed by atoms with Crippen LogP contribution in [0.25, 0.3) is 11.1 Å². The van der Waals surface area contributed by atoms with Crippen LogP contribution in [0.5, 0.6) is 5.75 Å². The molecule has 32 heavy (non-hydrogen) atoms. The van der Waals surface area contributed by atoms with Crippen LogP contribution in [-0.2, 0) is 29.1 Å². The van der Waals surface area contributed by atoms with E-state index in [1.54, 1.807) is 35.8 Å². The first-order valence-electron chi connectivity index (χ1n) is 10.1. The van der Waals surface area contributed by atoms with Crippen molar-refractivity contribution in [1.82, 2.24) is 9.88 Å². The van der Waals surface area contributed by atoms with Crippen molar-refractivity contribution < 1.29 is 27.8 Å². The summed E-state index contributed by atoms with van der Waals surface area (Å²) in [6.07, 6.45) is -1.77. The van der Waals surface area contributed by atoms with Gasteiger partial charge >= 0.3 is 12.3 Å². The van der Waals surface area contributed by atoms with Gasteiger partial charge in [0.15, 0.2) is 5.75 Å². The van der Waals surface area contributed by atoms with E-state index < -0.39 is 23.6 Å². The maximum absolute atomic E-state index is 13.1. The molecule has 1 heterocycles. The SMILES string of the molecule is CCCCOC(=O)N(Cc1cccc(-c2cc(C(F)(F)F)ccc2[O])c1)Cc1nccs1. The first-order valence-corrected chi connectivity index (χ1v) is 10.9. The Morgan fingerprint density at radius 1 is 1.16 bits per heavy atom. The number of ether oxygens (including phenoxy) is 1. The minimum Gasteiger partial charge on any atom is -0.449 e. The normalized spacial score (nSPS) is 11.4. The van der Waals surface area contributed by atoms with Crippen LogP contribution in [0.15, 0.2) is 54.0 Å². The number of hydrogen-bond donors (Lipinski definition) is 0. The summed E-state index contributed by atoms with van der Waals surface area (Å²) >= 11 is 1.41. The summed E-state index contributed by atoms with van der Waals surface area (Å²) in [5.74, 6) is -0.506. The molecule has 2 aromatic carbocycles. The summed E-state index contributed by atoms with van der Waals surface area (Å²) in [5, 5.41) is 14.8. The van der Waals surface area contributed by atoms with Gasteiger partial charge in [-0.2, -0.15) is 13.2 Å². The lowest BCUT2D eigenvalue weighted by molar-refractivity contribution is -0.137. The Bertz CT molecular complexity index is 1040. The highest BCUT2D eigenvalue weighted by Gasteiger charge is 2.31. The molecule has 3 rings (SSSR count). The summed E-state index contributed by atoms with van der Waals surface area (Å²) in [6.45, 7) is 2.69. The maximum Gasteiger partial charge on any atom is 0.416 e. The number of thiazole rings is 1. The van der Waals surface area contributed by atoms with Crippen molar-refractivity contribution in [2.24, 2.45) is 0 Å². The molecule has 1 radical (unpaired) electrons. The number of halogens is 3. The summed E-state index contributed by atoms with van der Waals surface area (Å²) < 4.78 is 44.6. The number of carbonyl (C=O) groups is 1. The van der Waals surface area contributed by atoms with Crippen molar-refractivity contribution in [2.45, 2.75) is 39.0 Å². The smallest absolute Gasteiger partial charge is 0.416 e. The molecule has 169 valence electrons. The van der Waals surface area contributed by atoms with E-state index in [9.17, 15) is 23.1 Å². The van der Waals surface area contributed by atoms with Crippen LogP contribution >= 0.6 is 11.3 Å². The minimum atomic E-state index is -4.55. The Morgan fingerprint density at radius 3 is 2.66 bits per heavy atom. The van der Waals surface area contributed by atoms with E-state index in [0.29, 0.717) is 17.7 Å². The fourth-order valence-corrected chi connectivity index (χ4v) is 3.69. The van der Waals surface area contributed by atoms with Gasteiger partial charge in [0.1, 0.15) is 5.01 Å². The van der Waals surface area contributed by atoms with Gasteiger partial charge in [0.25, 0.3) is 0 Å². The lowest BCUT2D eigenvalue weighted by Gasteiger charge is -2.21. The van der Waals surface area contributed by atoms with E-state index in [4.69, 9.17) is 4.74 Å². The molecule has 0 saturated heterocycles. The number of benzene rings is 2. The van der Waals surface area contributed by atoms with Crippen molar-refractivity contribution in [3.8, 4) is 16.9 Å². The molecule has 0 bridgehead atoms. The molecule has 0 atom stereocenters. The molecule has 0 aliphatic rings. The topological polar surface area (TPSA) is 62.3 Å². The van der Waals surface area contributed by atoms with Gasteiger partial charge in [-0.3, -0.25) is 10.0 Å². The number of nitrogens with zero attached hydrogens (tertiary/aromatic N) is 2. The Morgan fingerprint density at radius 2 is 1.97 bits per heavy atom. The summed E-state index contributed by atoms with van der Waals surface area (Å²) in [7, 11) is 0. The zero-order valence-corrected chi connectivity index (χ0v) is 18.2. The van der Waals surface area contributed by atoms with Crippen LogP contribution in [0.1, 0.15) is 35.9 Å². The van der Waals surface area contributed by atoms with E-state index in [1.165, 1.54) is 16.2 Å². The van der Waals surface area contributed by atoms with Gasteiger partial charge in [-0.15, -0.1) is 11.3 Å². The van der Waals surface area contributed by atoms with Crippen LogP contribution in [0.3, 0.4) is 0 Å². The molecule has 0 unspecified atom stereocenters. The van der Waals surface area contributed by atoms with Crippen molar-refractivity contribution in [1.29, 1.82) is 0 Å². The van der Waals surface area contributed by atoms with Crippen molar-refractivity contribution in [3.05, 3.63) is 70.2 Å². The van der Waals surface area contributed by atoms with Crippen LogP contribution < -0.4 is 0 Å². The summed E-state index contributed by atoms with van der Waals surface area (Å²) in [4.78, 5) is 18.3. The molecule has 0 aliphatic carbocycles. The second-order valence-corrected chi connectivity index (χ2v) is 8.14. The van der Waals surface area contributed by atoms with Gasteiger partial charge in [-0.1, -0.05) is 31.5 Å². The van der Waals surface area contributed by atoms with Crippen LogP contribution in [0, 0.1) is 0 Å². The molecule has 3 aromatic rings. The van der Waals surface area contributed by atoms with Gasteiger partial charge in [0, 0.05) is 23.7 Å². The highest BCUT2D eigenvalue weighted by molar-refractivity contribution is 7.09. The lowest BCUT2D eigenvalue weighted by atomic mass is 9.99. The summed E-state index contributed by atoms with van der Waals surface area (Å²) in [5.41, 5.74) is 0.0801. The largest absolute Gasteiger partial charge is 0.449 e. The predicted octanol–water partition coefficient (Wildman–Crippen LogP) is 6.91. The molecule has 1 amide bonds. The molecule has 0 N–H and O–H groups in total. The predicted molar refractivity (Wildman–Crippen MR) is 115 cm³/mol. The quantitative estimate of drug-likeness (QED) is 0.341. The van der Waals surface area contributed by atoms with Gasteiger partial charge in [0.2, 0.25) is 0 Å². The fourth-order valence-electron chi connectivity index (χ4n) is 3.06. The zero-order chi connectivity index (χ0) is 23.1. The Labute approximate surface area is 188 Å². The number of amides is 1. The number of unbranched alkanes of at least 4 members (excludes halogenated alkanes) is 1. The zero-order valence-electron chi connectivity index (χ0n) is 17.4. The molecule has 0 aliphatic heterocycles. The highest BCUT2D eigenvalue weighted by Crippen LogP contribution is 2.37. The number of aromatic nitrogens is 1.